The van der Waals surface area contributed by atoms with Crippen LogP contribution in [-0.2, 0) is 9.47 Å². The molecule has 0 aliphatic carbocycles. The summed E-state index contributed by atoms with van der Waals surface area (Å²) < 4.78 is 12.3. The van der Waals surface area contributed by atoms with Gasteiger partial charge in [0.15, 0.2) is 0 Å². The van der Waals surface area contributed by atoms with E-state index in [9.17, 15) is 0 Å². The van der Waals surface area contributed by atoms with Gasteiger partial charge >= 0.3 is 0 Å². The standard InChI is InChI=1S/C22H44N2O2/c1-21(2,3)25-17-19-9-13-24(14-10-19)15-11-22(4,5)26-18-20-8-7-12-23(6)16-20/h19-20H,7-18H2,1-6H3. The molecule has 0 bridgehead atoms. The van der Waals surface area contributed by atoms with Crippen LogP contribution in [-0.4, -0.2) is 74.0 Å². The molecule has 2 fully saturated rings. The molecular formula is C22H44N2O2. The summed E-state index contributed by atoms with van der Waals surface area (Å²) in [6.07, 6.45) is 6.31. The highest BCUT2D eigenvalue weighted by molar-refractivity contribution is 4.78. The lowest BCUT2D eigenvalue weighted by molar-refractivity contribution is -0.0573. The first-order chi connectivity index (χ1) is 12.1. The molecule has 0 aromatic heterocycles. The lowest BCUT2D eigenvalue weighted by Gasteiger charge is -2.36. The lowest BCUT2D eigenvalue weighted by atomic mass is 9.96. The maximum atomic E-state index is 6.33. The zero-order valence-electron chi connectivity index (χ0n) is 18.4. The predicted molar refractivity (Wildman–Crippen MR) is 110 cm³/mol. The van der Waals surface area contributed by atoms with E-state index in [-0.39, 0.29) is 11.2 Å². The van der Waals surface area contributed by atoms with Gasteiger partial charge < -0.3 is 19.3 Å². The van der Waals surface area contributed by atoms with Crippen LogP contribution in [0.25, 0.3) is 0 Å². The van der Waals surface area contributed by atoms with E-state index in [0.717, 1.165) is 32.1 Å². The molecule has 0 aromatic rings. The van der Waals surface area contributed by atoms with E-state index in [4.69, 9.17) is 9.47 Å². The molecule has 4 heteroatoms. The lowest BCUT2D eigenvalue weighted by Crippen LogP contribution is -2.40. The van der Waals surface area contributed by atoms with Crippen molar-refractivity contribution in [1.82, 2.24) is 9.80 Å². The van der Waals surface area contributed by atoms with Crippen LogP contribution in [0.1, 0.15) is 66.7 Å². The first-order valence-corrected chi connectivity index (χ1v) is 10.8. The minimum atomic E-state index is -0.0117. The average molecular weight is 369 g/mol. The molecule has 0 saturated carbocycles. The van der Waals surface area contributed by atoms with Gasteiger partial charge in [0.05, 0.1) is 24.4 Å². The minimum Gasteiger partial charge on any atom is -0.376 e. The van der Waals surface area contributed by atoms with E-state index in [2.05, 4.69) is 51.5 Å². The summed E-state index contributed by atoms with van der Waals surface area (Å²) in [4.78, 5) is 5.06. The number of rotatable bonds is 8. The van der Waals surface area contributed by atoms with Gasteiger partial charge in [0.1, 0.15) is 0 Å². The van der Waals surface area contributed by atoms with Crippen LogP contribution in [0.5, 0.6) is 0 Å². The van der Waals surface area contributed by atoms with Crippen LogP contribution in [0.3, 0.4) is 0 Å². The van der Waals surface area contributed by atoms with Crippen molar-refractivity contribution in [2.75, 3.05) is 53.0 Å². The molecule has 154 valence electrons. The summed E-state index contributed by atoms with van der Waals surface area (Å²) in [6, 6.07) is 0. The summed E-state index contributed by atoms with van der Waals surface area (Å²) in [5.74, 6) is 1.45. The highest BCUT2D eigenvalue weighted by Gasteiger charge is 2.26. The van der Waals surface area contributed by atoms with Gasteiger partial charge in [0, 0.05) is 13.1 Å². The summed E-state index contributed by atoms with van der Waals surface area (Å²) in [6.45, 7) is 18.8. The average Bonchev–Trinajstić information content (AvgIpc) is 2.57. The normalized spacial score (nSPS) is 24.9. The Labute approximate surface area is 162 Å². The maximum Gasteiger partial charge on any atom is 0.0638 e. The van der Waals surface area contributed by atoms with Gasteiger partial charge in [-0.3, -0.25) is 0 Å². The number of piperidine rings is 2. The zero-order chi connectivity index (χ0) is 19.2. The highest BCUT2D eigenvalue weighted by Crippen LogP contribution is 2.24. The second-order valence-electron chi connectivity index (χ2n) is 10.3. The summed E-state index contributed by atoms with van der Waals surface area (Å²) in [5.41, 5.74) is -0.0200. The molecule has 2 rings (SSSR count). The van der Waals surface area contributed by atoms with Gasteiger partial charge in [-0.25, -0.2) is 0 Å². The Hall–Kier alpha value is -0.160. The van der Waals surface area contributed by atoms with Crippen LogP contribution in [0.15, 0.2) is 0 Å². The van der Waals surface area contributed by atoms with Crippen molar-refractivity contribution in [3.63, 3.8) is 0 Å². The molecule has 1 unspecified atom stereocenters. The SMILES string of the molecule is CN1CCCC(COC(C)(C)CCN2CCC(COC(C)(C)C)CC2)C1. The van der Waals surface area contributed by atoms with Crippen LogP contribution >= 0.6 is 0 Å². The van der Waals surface area contributed by atoms with Crippen molar-refractivity contribution in [3.05, 3.63) is 0 Å². The van der Waals surface area contributed by atoms with Crippen molar-refractivity contribution in [2.24, 2.45) is 11.8 Å². The molecule has 26 heavy (non-hydrogen) atoms. The van der Waals surface area contributed by atoms with E-state index < -0.39 is 0 Å². The van der Waals surface area contributed by atoms with Gasteiger partial charge in [-0.1, -0.05) is 0 Å². The fourth-order valence-electron chi connectivity index (χ4n) is 4.00. The number of hydrogen-bond donors (Lipinski definition) is 0. The quantitative estimate of drug-likeness (QED) is 0.645. The Kier molecular flexibility index (Phi) is 8.39. The fourth-order valence-corrected chi connectivity index (χ4v) is 4.00. The van der Waals surface area contributed by atoms with Crippen molar-refractivity contribution < 1.29 is 9.47 Å². The number of likely N-dealkylation sites (tertiary alicyclic amines) is 2. The Morgan fingerprint density at radius 2 is 1.50 bits per heavy atom. The highest BCUT2D eigenvalue weighted by atomic mass is 16.5. The van der Waals surface area contributed by atoms with Crippen molar-refractivity contribution in [2.45, 2.75) is 77.9 Å². The Morgan fingerprint density at radius 3 is 2.12 bits per heavy atom. The maximum absolute atomic E-state index is 6.33. The predicted octanol–water partition coefficient (Wildman–Crippen LogP) is 4.04. The molecule has 0 N–H and O–H groups in total. The summed E-state index contributed by atoms with van der Waals surface area (Å²) in [5, 5.41) is 0. The third-order valence-electron chi connectivity index (χ3n) is 5.92. The number of ether oxygens (including phenoxy) is 2. The molecule has 0 spiro atoms. The molecule has 0 aromatic carbocycles. The van der Waals surface area contributed by atoms with Gasteiger partial charge in [0.25, 0.3) is 0 Å². The zero-order valence-corrected chi connectivity index (χ0v) is 18.4. The second-order valence-corrected chi connectivity index (χ2v) is 10.3. The third kappa shape index (κ3) is 8.69. The first kappa shape index (κ1) is 22.1. The van der Waals surface area contributed by atoms with E-state index >= 15 is 0 Å². The molecule has 0 amide bonds. The van der Waals surface area contributed by atoms with Gasteiger partial charge in [-0.2, -0.15) is 0 Å². The Bertz CT molecular complexity index is 397. The molecule has 2 saturated heterocycles. The monoisotopic (exact) mass is 368 g/mol. The molecule has 2 aliphatic rings. The van der Waals surface area contributed by atoms with Gasteiger partial charge in [-0.05, 0) is 105 Å². The molecule has 4 nitrogen and oxygen atoms in total. The topological polar surface area (TPSA) is 24.9 Å². The minimum absolute atomic E-state index is 0.00830. The van der Waals surface area contributed by atoms with E-state index in [0.29, 0.717) is 5.92 Å². The number of hydrogen-bond acceptors (Lipinski definition) is 4. The van der Waals surface area contributed by atoms with E-state index in [1.807, 2.05) is 0 Å². The van der Waals surface area contributed by atoms with E-state index in [1.54, 1.807) is 0 Å². The molecule has 2 aliphatic heterocycles. The summed E-state index contributed by atoms with van der Waals surface area (Å²) in [7, 11) is 2.23. The van der Waals surface area contributed by atoms with Crippen molar-refractivity contribution >= 4 is 0 Å². The third-order valence-corrected chi connectivity index (χ3v) is 5.92. The Morgan fingerprint density at radius 1 is 0.846 bits per heavy atom. The van der Waals surface area contributed by atoms with Crippen molar-refractivity contribution in [1.29, 1.82) is 0 Å². The van der Waals surface area contributed by atoms with Crippen LogP contribution in [0.2, 0.25) is 0 Å². The molecule has 2 heterocycles. The number of nitrogens with zero attached hydrogens (tertiary/aromatic N) is 2. The fraction of sp³-hybridized carbons (Fsp3) is 1.00. The van der Waals surface area contributed by atoms with Crippen LogP contribution in [0.4, 0.5) is 0 Å². The summed E-state index contributed by atoms with van der Waals surface area (Å²) >= 11 is 0. The largest absolute Gasteiger partial charge is 0.376 e. The smallest absolute Gasteiger partial charge is 0.0638 e. The van der Waals surface area contributed by atoms with Crippen LogP contribution < -0.4 is 0 Å². The van der Waals surface area contributed by atoms with Crippen molar-refractivity contribution in [3.8, 4) is 0 Å². The Balaban J connectivity index is 1.60. The molecule has 1 atom stereocenters. The van der Waals surface area contributed by atoms with E-state index in [1.165, 1.54) is 51.9 Å². The van der Waals surface area contributed by atoms with Crippen LogP contribution in [0, 0.1) is 11.8 Å². The molecular weight excluding hydrogens is 324 g/mol. The first-order valence-electron chi connectivity index (χ1n) is 10.8. The van der Waals surface area contributed by atoms with Gasteiger partial charge in [-0.15, -0.1) is 0 Å². The van der Waals surface area contributed by atoms with Gasteiger partial charge in [0.2, 0.25) is 0 Å². The molecule has 0 radical (unpaired) electrons. The second kappa shape index (κ2) is 9.86.